The third-order valence-electron chi connectivity index (χ3n) is 4.04. The normalized spacial score (nSPS) is 17.4. The summed E-state index contributed by atoms with van der Waals surface area (Å²) >= 11 is 0. The molecule has 1 atom stereocenters. The number of alkyl halides is 3. The van der Waals surface area contributed by atoms with Crippen molar-refractivity contribution < 1.29 is 17.9 Å². The summed E-state index contributed by atoms with van der Waals surface area (Å²) in [6, 6.07) is 7.29. The molecule has 0 spiro atoms. The van der Waals surface area contributed by atoms with Crippen molar-refractivity contribution in [3.8, 4) is 5.75 Å². The van der Waals surface area contributed by atoms with Gasteiger partial charge in [0.05, 0.1) is 23.6 Å². The minimum Gasteiger partial charge on any atom is -0.493 e. The van der Waals surface area contributed by atoms with Crippen molar-refractivity contribution in [2.45, 2.75) is 18.6 Å². The first kappa shape index (κ1) is 14.8. The maximum absolute atomic E-state index is 13.2. The number of hydrogen-bond donors (Lipinski definition) is 2. The number of H-pyrrole nitrogens is 1. The summed E-state index contributed by atoms with van der Waals surface area (Å²) in [5.41, 5.74) is 0.278. The second-order valence-electron chi connectivity index (χ2n) is 5.52. The SMILES string of the molecule is FC(F)(F)c1c[nH]c2ncnc(NC3CCOc4ccccc43)c12. The highest BCUT2D eigenvalue weighted by Crippen LogP contribution is 2.39. The van der Waals surface area contributed by atoms with E-state index in [0.29, 0.717) is 13.0 Å². The molecule has 3 aromatic rings. The molecular formula is C16H13F3N4O. The highest BCUT2D eigenvalue weighted by molar-refractivity contribution is 5.91. The monoisotopic (exact) mass is 334 g/mol. The lowest BCUT2D eigenvalue weighted by molar-refractivity contribution is -0.136. The van der Waals surface area contributed by atoms with Crippen LogP contribution < -0.4 is 10.1 Å². The van der Waals surface area contributed by atoms with Crippen LogP contribution in [0.15, 0.2) is 36.8 Å². The predicted octanol–water partition coefficient (Wildman–Crippen LogP) is 3.91. The van der Waals surface area contributed by atoms with Crippen molar-refractivity contribution in [2.24, 2.45) is 0 Å². The number of halogens is 3. The van der Waals surface area contributed by atoms with Gasteiger partial charge in [-0.05, 0) is 6.07 Å². The average molecular weight is 334 g/mol. The second kappa shape index (κ2) is 5.40. The summed E-state index contributed by atoms with van der Waals surface area (Å²) in [7, 11) is 0. The van der Waals surface area contributed by atoms with E-state index < -0.39 is 11.7 Å². The standard InChI is InChI=1S/C16H13F3N4O/c17-16(18,19)10-7-20-14-13(10)15(22-8-21-14)23-11-5-6-24-12-4-2-1-3-9(11)12/h1-4,7-8,11H,5-6H2,(H2,20,21,22,23). The molecule has 0 bridgehead atoms. The maximum atomic E-state index is 13.2. The topological polar surface area (TPSA) is 62.8 Å². The molecule has 0 aliphatic carbocycles. The van der Waals surface area contributed by atoms with Gasteiger partial charge in [0.25, 0.3) is 0 Å². The van der Waals surface area contributed by atoms with E-state index in [1.54, 1.807) is 0 Å². The summed E-state index contributed by atoms with van der Waals surface area (Å²) in [6.07, 6.45) is -1.68. The molecule has 1 aliphatic heterocycles. The number of aromatic nitrogens is 3. The van der Waals surface area contributed by atoms with E-state index in [2.05, 4.69) is 20.3 Å². The first-order valence-electron chi connectivity index (χ1n) is 7.41. The van der Waals surface area contributed by atoms with Gasteiger partial charge in [-0.2, -0.15) is 13.2 Å². The number of ether oxygens (including phenoxy) is 1. The van der Waals surface area contributed by atoms with Gasteiger partial charge in [-0.3, -0.25) is 0 Å². The van der Waals surface area contributed by atoms with Crippen LogP contribution in [0.2, 0.25) is 0 Å². The quantitative estimate of drug-likeness (QED) is 0.746. The molecular weight excluding hydrogens is 321 g/mol. The Hall–Kier alpha value is -2.77. The van der Waals surface area contributed by atoms with Gasteiger partial charge in [0.2, 0.25) is 0 Å². The molecule has 1 aliphatic rings. The summed E-state index contributed by atoms with van der Waals surface area (Å²) in [5.74, 6) is 0.895. The summed E-state index contributed by atoms with van der Waals surface area (Å²) in [4.78, 5) is 10.5. The Bertz CT molecular complexity index is 890. The lowest BCUT2D eigenvalue weighted by atomic mass is 10.0. The predicted molar refractivity (Wildman–Crippen MR) is 81.8 cm³/mol. The number of hydrogen-bond acceptors (Lipinski definition) is 4. The fourth-order valence-electron chi connectivity index (χ4n) is 2.95. The molecule has 8 heteroatoms. The Labute approximate surface area is 134 Å². The molecule has 1 aromatic carbocycles. The molecule has 24 heavy (non-hydrogen) atoms. The van der Waals surface area contributed by atoms with E-state index in [0.717, 1.165) is 17.5 Å². The summed E-state index contributed by atoms with van der Waals surface area (Å²) < 4.78 is 45.3. The first-order valence-corrected chi connectivity index (χ1v) is 7.41. The van der Waals surface area contributed by atoms with Gasteiger partial charge in [0, 0.05) is 18.2 Å². The van der Waals surface area contributed by atoms with Crippen LogP contribution in [0.4, 0.5) is 19.0 Å². The van der Waals surface area contributed by atoms with E-state index >= 15 is 0 Å². The first-order chi connectivity index (χ1) is 11.5. The number of para-hydroxylation sites is 1. The van der Waals surface area contributed by atoms with Gasteiger partial charge in [-0.1, -0.05) is 18.2 Å². The zero-order valence-electron chi connectivity index (χ0n) is 12.4. The molecule has 0 amide bonds. The van der Waals surface area contributed by atoms with Gasteiger partial charge in [-0.25, -0.2) is 9.97 Å². The summed E-state index contributed by atoms with van der Waals surface area (Å²) in [5, 5.41) is 3.08. The minimum atomic E-state index is -4.48. The van der Waals surface area contributed by atoms with Crippen LogP contribution >= 0.6 is 0 Å². The lowest BCUT2D eigenvalue weighted by Crippen LogP contribution is -2.21. The highest BCUT2D eigenvalue weighted by Gasteiger charge is 2.35. The fraction of sp³-hybridized carbons (Fsp3) is 0.250. The Balaban J connectivity index is 1.77. The largest absolute Gasteiger partial charge is 0.493 e. The van der Waals surface area contributed by atoms with Gasteiger partial charge < -0.3 is 15.0 Å². The van der Waals surface area contributed by atoms with E-state index in [1.807, 2.05) is 24.3 Å². The number of fused-ring (bicyclic) bond motifs is 2. The van der Waals surface area contributed by atoms with Crippen molar-refractivity contribution in [3.05, 3.63) is 47.9 Å². The van der Waals surface area contributed by atoms with E-state index in [1.165, 1.54) is 6.33 Å². The van der Waals surface area contributed by atoms with E-state index in [4.69, 9.17) is 4.74 Å². The van der Waals surface area contributed by atoms with Gasteiger partial charge in [-0.15, -0.1) is 0 Å². The summed E-state index contributed by atoms with van der Waals surface area (Å²) in [6.45, 7) is 0.488. The molecule has 0 saturated heterocycles. The minimum absolute atomic E-state index is 0.0472. The molecule has 4 rings (SSSR count). The Morgan fingerprint density at radius 2 is 2.04 bits per heavy atom. The van der Waals surface area contributed by atoms with Gasteiger partial charge in [0.1, 0.15) is 23.5 Å². The molecule has 0 saturated carbocycles. The lowest BCUT2D eigenvalue weighted by Gasteiger charge is -2.27. The van der Waals surface area contributed by atoms with Crippen molar-refractivity contribution >= 4 is 16.9 Å². The van der Waals surface area contributed by atoms with Crippen LogP contribution in [-0.2, 0) is 6.18 Å². The van der Waals surface area contributed by atoms with Crippen LogP contribution in [-0.4, -0.2) is 21.6 Å². The number of anilines is 1. The van der Waals surface area contributed by atoms with E-state index in [-0.39, 0.29) is 22.9 Å². The molecule has 0 fully saturated rings. The zero-order valence-corrected chi connectivity index (χ0v) is 12.4. The number of nitrogens with one attached hydrogen (secondary N) is 2. The average Bonchev–Trinajstić information content (AvgIpc) is 3.01. The number of nitrogens with zero attached hydrogens (tertiary/aromatic N) is 2. The van der Waals surface area contributed by atoms with Crippen LogP contribution in [0, 0.1) is 0 Å². The second-order valence-corrected chi connectivity index (χ2v) is 5.52. The third kappa shape index (κ3) is 2.44. The number of benzene rings is 1. The number of rotatable bonds is 2. The van der Waals surface area contributed by atoms with Gasteiger partial charge >= 0.3 is 6.18 Å². The van der Waals surface area contributed by atoms with Crippen molar-refractivity contribution in [3.63, 3.8) is 0 Å². The highest BCUT2D eigenvalue weighted by atomic mass is 19.4. The van der Waals surface area contributed by atoms with Crippen LogP contribution in [0.25, 0.3) is 11.0 Å². The maximum Gasteiger partial charge on any atom is 0.418 e. The van der Waals surface area contributed by atoms with Gasteiger partial charge in [0.15, 0.2) is 0 Å². The Morgan fingerprint density at radius 1 is 1.21 bits per heavy atom. The molecule has 1 unspecified atom stereocenters. The number of aromatic amines is 1. The molecule has 124 valence electrons. The zero-order chi connectivity index (χ0) is 16.7. The molecule has 0 radical (unpaired) electrons. The third-order valence-corrected chi connectivity index (χ3v) is 4.04. The van der Waals surface area contributed by atoms with Crippen LogP contribution in [0.1, 0.15) is 23.6 Å². The van der Waals surface area contributed by atoms with Crippen molar-refractivity contribution in [1.82, 2.24) is 15.0 Å². The molecule has 2 aromatic heterocycles. The van der Waals surface area contributed by atoms with E-state index in [9.17, 15) is 13.2 Å². The fourth-order valence-corrected chi connectivity index (χ4v) is 2.95. The van der Waals surface area contributed by atoms with Crippen LogP contribution in [0.5, 0.6) is 5.75 Å². The molecule has 2 N–H and O–H groups in total. The Kier molecular flexibility index (Phi) is 3.33. The molecule has 3 heterocycles. The molecule has 5 nitrogen and oxygen atoms in total. The van der Waals surface area contributed by atoms with Crippen molar-refractivity contribution in [2.75, 3.05) is 11.9 Å². The smallest absolute Gasteiger partial charge is 0.418 e. The van der Waals surface area contributed by atoms with Crippen molar-refractivity contribution in [1.29, 1.82) is 0 Å². The van der Waals surface area contributed by atoms with Crippen LogP contribution in [0.3, 0.4) is 0 Å². The Morgan fingerprint density at radius 3 is 2.88 bits per heavy atom.